The minimum atomic E-state index is -4.57. The van der Waals surface area contributed by atoms with Crippen LogP contribution in [0.4, 0.5) is 10.1 Å². The lowest BCUT2D eigenvalue weighted by Gasteiger charge is -2.24. The van der Waals surface area contributed by atoms with Crippen molar-refractivity contribution in [3.8, 4) is 0 Å². The Hall–Kier alpha value is -2.07. The quantitative estimate of drug-likeness (QED) is 0.600. The zero-order valence-electron chi connectivity index (χ0n) is 11.2. The Kier molecular flexibility index (Phi) is 4.64. The van der Waals surface area contributed by atoms with E-state index in [2.05, 4.69) is 0 Å². The number of nitrogens with zero attached hydrogens (tertiary/aromatic N) is 1. The number of halogens is 1. The Bertz CT molecular complexity index is 690. The van der Waals surface area contributed by atoms with Gasteiger partial charge < -0.3 is 5.11 Å². The maximum atomic E-state index is 13.6. The molecule has 0 amide bonds. The molecule has 1 unspecified atom stereocenters. The van der Waals surface area contributed by atoms with E-state index in [0.29, 0.717) is 12.1 Å². The summed E-state index contributed by atoms with van der Waals surface area (Å²) in [5, 5.41) is 19.6. The molecule has 1 aromatic rings. The number of benzene rings is 1. The fourth-order valence-electron chi connectivity index (χ4n) is 1.43. The molecule has 0 bridgehead atoms. The molecule has 1 rings (SSSR count). The first-order valence-corrected chi connectivity index (χ1v) is 7.23. The van der Waals surface area contributed by atoms with Gasteiger partial charge in [-0.05, 0) is 19.4 Å². The van der Waals surface area contributed by atoms with E-state index in [1.165, 1.54) is 6.92 Å². The summed E-state index contributed by atoms with van der Waals surface area (Å²) in [4.78, 5) is 19.9. The fourth-order valence-corrected chi connectivity index (χ4v) is 2.97. The highest BCUT2D eigenvalue weighted by Gasteiger charge is 2.37. The number of carboxylic acids is 1. The number of hydrogen-bond donors (Lipinski definition) is 2. The minimum Gasteiger partial charge on any atom is -0.480 e. The summed E-state index contributed by atoms with van der Waals surface area (Å²) < 4.78 is 39.6. The number of rotatable bonds is 6. The number of non-ortho nitro benzene ring substituents is 1. The predicted octanol–water partition coefficient (Wildman–Crippen LogP) is 1.27. The summed E-state index contributed by atoms with van der Waals surface area (Å²) in [5.74, 6) is -2.66. The number of sulfonamides is 1. The SMILES string of the molecule is CCC(C)(NS(=O)(=O)c1cc([N+](=O)[O-])ccc1F)C(=O)O. The van der Waals surface area contributed by atoms with Gasteiger partial charge in [-0.15, -0.1) is 0 Å². The number of hydrogen-bond acceptors (Lipinski definition) is 5. The molecule has 0 aliphatic carbocycles. The van der Waals surface area contributed by atoms with E-state index < -0.39 is 42.9 Å². The number of carbonyl (C=O) groups is 1. The first-order chi connectivity index (χ1) is 9.53. The van der Waals surface area contributed by atoms with Gasteiger partial charge in [0.15, 0.2) is 0 Å². The van der Waals surface area contributed by atoms with E-state index in [9.17, 15) is 27.7 Å². The van der Waals surface area contributed by atoms with Gasteiger partial charge in [0.1, 0.15) is 16.3 Å². The van der Waals surface area contributed by atoms with Crippen LogP contribution in [0.3, 0.4) is 0 Å². The monoisotopic (exact) mass is 320 g/mol. The lowest BCUT2D eigenvalue weighted by molar-refractivity contribution is -0.385. The predicted molar refractivity (Wildman–Crippen MR) is 69.7 cm³/mol. The average molecular weight is 320 g/mol. The largest absolute Gasteiger partial charge is 0.480 e. The molecule has 8 nitrogen and oxygen atoms in total. The van der Waals surface area contributed by atoms with Crippen LogP contribution in [0.25, 0.3) is 0 Å². The van der Waals surface area contributed by atoms with Crippen molar-refractivity contribution in [2.75, 3.05) is 0 Å². The molecule has 0 spiro atoms. The van der Waals surface area contributed by atoms with Crippen LogP contribution >= 0.6 is 0 Å². The Morgan fingerprint density at radius 2 is 2.10 bits per heavy atom. The Morgan fingerprint density at radius 1 is 1.52 bits per heavy atom. The minimum absolute atomic E-state index is 0.0991. The topological polar surface area (TPSA) is 127 Å². The second-order valence-electron chi connectivity index (χ2n) is 4.47. The van der Waals surface area contributed by atoms with Gasteiger partial charge in [-0.2, -0.15) is 4.72 Å². The van der Waals surface area contributed by atoms with Crippen LogP contribution in [0.1, 0.15) is 20.3 Å². The first-order valence-electron chi connectivity index (χ1n) is 5.75. The second kappa shape index (κ2) is 5.74. The van der Waals surface area contributed by atoms with E-state index in [-0.39, 0.29) is 6.42 Å². The fraction of sp³-hybridized carbons (Fsp3) is 0.364. The second-order valence-corrected chi connectivity index (χ2v) is 6.12. The first kappa shape index (κ1) is 17.0. The number of nitro benzene ring substituents is 1. The van der Waals surface area contributed by atoms with Crippen molar-refractivity contribution >= 4 is 21.7 Å². The van der Waals surface area contributed by atoms with Crippen molar-refractivity contribution in [2.45, 2.75) is 30.7 Å². The highest BCUT2D eigenvalue weighted by Crippen LogP contribution is 2.23. The van der Waals surface area contributed by atoms with E-state index in [1.54, 1.807) is 0 Å². The van der Waals surface area contributed by atoms with Crippen molar-refractivity contribution in [1.29, 1.82) is 0 Å². The zero-order chi connectivity index (χ0) is 16.4. The molecule has 0 saturated heterocycles. The summed E-state index contributed by atoms with van der Waals surface area (Å²) in [5.41, 5.74) is -2.47. The molecule has 0 fully saturated rings. The van der Waals surface area contributed by atoms with Crippen molar-refractivity contribution in [3.05, 3.63) is 34.1 Å². The third kappa shape index (κ3) is 3.52. The van der Waals surface area contributed by atoms with Gasteiger partial charge in [-0.1, -0.05) is 6.92 Å². The summed E-state index contributed by atoms with van der Waals surface area (Å²) >= 11 is 0. The molecule has 2 N–H and O–H groups in total. The summed E-state index contributed by atoms with van der Waals surface area (Å²) in [6.07, 6.45) is -0.0991. The lowest BCUT2D eigenvalue weighted by atomic mass is 10.0. The van der Waals surface area contributed by atoms with Gasteiger partial charge in [0, 0.05) is 12.1 Å². The van der Waals surface area contributed by atoms with Crippen LogP contribution in [0.5, 0.6) is 0 Å². The normalized spacial score (nSPS) is 14.4. The maximum Gasteiger partial charge on any atom is 0.324 e. The van der Waals surface area contributed by atoms with Crippen LogP contribution in [0.15, 0.2) is 23.1 Å². The molecule has 10 heteroatoms. The zero-order valence-corrected chi connectivity index (χ0v) is 12.0. The van der Waals surface area contributed by atoms with Crippen LogP contribution < -0.4 is 4.72 Å². The number of carboxylic acid groups (broad SMARTS) is 1. The highest BCUT2D eigenvalue weighted by molar-refractivity contribution is 7.89. The molecule has 21 heavy (non-hydrogen) atoms. The van der Waals surface area contributed by atoms with E-state index in [0.717, 1.165) is 13.0 Å². The van der Waals surface area contributed by atoms with Crippen molar-refractivity contribution in [2.24, 2.45) is 0 Å². The molecule has 0 aromatic heterocycles. The van der Waals surface area contributed by atoms with Gasteiger partial charge >= 0.3 is 5.97 Å². The van der Waals surface area contributed by atoms with Gasteiger partial charge in [-0.3, -0.25) is 14.9 Å². The average Bonchev–Trinajstić information content (AvgIpc) is 2.37. The molecule has 0 saturated carbocycles. The molecule has 0 aliphatic heterocycles. The lowest BCUT2D eigenvalue weighted by Crippen LogP contribution is -2.51. The van der Waals surface area contributed by atoms with Gasteiger partial charge in [0.2, 0.25) is 10.0 Å². The van der Waals surface area contributed by atoms with Crippen LogP contribution in [0.2, 0.25) is 0 Å². The summed E-state index contributed by atoms with van der Waals surface area (Å²) in [6.45, 7) is 2.54. The number of aliphatic carboxylic acids is 1. The van der Waals surface area contributed by atoms with Crippen molar-refractivity contribution in [1.82, 2.24) is 4.72 Å². The molecular weight excluding hydrogens is 307 g/mol. The highest BCUT2D eigenvalue weighted by atomic mass is 32.2. The summed E-state index contributed by atoms with van der Waals surface area (Å²) in [6, 6.07) is 1.98. The number of nitrogens with one attached hydrogen (secondary N) is 1. The van der Waals surface area contributed by atoms with E-state index in [4.69, 9.17) is 5.11 Å². The Balaban J connectivity index is 3.35. The number of nitro groups is 1. The third-order valence-electron chi connectivity index (χ3n) is 2.95. The molecule has 1 atom stereocenters. The van der Waals surface area contributed by atoms with E-state index in [1.807, 2.05) is 4.72 Å². The molecule has 0 radical (unpaired) electrons. The Morgan fingerprint density at radius 3 is 2.52 bits per heavy atom. The maximum absolute atomic E-state index is 13.6. The van der Waals surface area contributed by atoms with Crippen LogP contribution in [-0.4, -0.2) is 30.0 Å². The van der Waals surface area contributed by atoms with Crippen LogP contribution in [-0.2, 0) is 14.8 Å². The van der Waals surface area contributed by atoms with Crippen molar-refractivity contribution < 1.29 is 27.6 Å². The smallest absolute Gasteiger partial charge is 0.324 e. The molecular formula is C11H13FN2O6S. The molecule has 0 heterocycles. The molecule has 0 aliphatic rings. The molecule has 116 valence electrons. The third-order valence-corrected chi connectivity index (χ3v) is 4.57. The van der Waals surface area contributed by atoms with Crippen LogP contribution in [0, 0.1) is 15.9 Å². The van der Waals surface area contributed by atoms with E-state index >= 15 is 0 Å². The van der Waals surface area contributed by atoms with Gasteiger partial charge in [0.05, 0.1) is 4.92 Å². The summed E-state index contributed by atoms with van der Waals surface area (Å²) in [7, 11) is -4.57. The van der Waals surface area contributed by atoms with Gasteiger partial charge in [-0.25, -0.2) is 12.8 Å². The standard InChI is InChI=1S/C11H13FN2O6S/c1-3-11(2,10(15)16)13-21(19,20)9-6-7(14(17)18)4-5-8(9)12/h4-6,13H,3H2,1-2H3,(H,15,16). The van der Waals surface area contributed by atoms with Gasteiger partial charge in [0.25, 0.3) is 5.69 Å². The Labute approximate surface area is 119 Å². The van der Waals surface area contributed by atoms with Crippen molar-refractivity contribution in [3.63, 3.8) is 0 Å². The molecule has 1 aromatic carbocycles.